The van der Waals surface area contributed by atoms with Gasteiger partial charge in [0, 0.05) is 17.3 Å². The van der Waals surface area contributed by atoms with E-state index in [9.17, 15) is 4.39 Å². The number of hydrogen-bond acceptors (Lipinski definition) is 1. The van der Waals surface area contributed by atoms with Gasteiger partial charge in [0.15, 0.2) is 0 Å². The van der Waals surface area contributed by atoms with Crippen LogP contribution in [0.1, 0.15) is 0 Å². The third-order valence-electron chi connectivity index (χ3n) is 2.06. The van der Waals surface area contributed by atoms with Crippen LogP contribution in [0.15, 0.2) is 30.5 Å². The molecule has 0 atom stereocenters. The second-order valence-electron chi connectivity index (χ2n) is 3.10. The van der Waals surface area contributed by atoms with Crippen LogP contribution in [0.3, 0.4) is 0 Å². The monoisotopic (exact) mass is 367 g/mol. The van der Waals surface area contributed by atoms with E-state index < -0.39 is 5.95 Å². The Labute approximate surface area is 116 Å². The molecule has 1 aromatic carbocycles. The molecule has 0 aliphatic rings. The van der Waals surface area contributed by atoms with Crippen LogP contribution in [0.4, 0.5) is 4.39 Å². The number of rotatable bonds is 1. The quantitative estimate of drug-likeness (QED) is 0.521. The number of benzene rings is 1. The van der Waals surface area contributed by atoms with Gasteiger partial charge in [-0.2, -0.15) is 4.39 Å². The molecule has 0 N–H and O–H groups in total. The van der Waals surface area contributed by atoms with Crippen molar-refractivity contribution in [3.63, 3.8) is 0 Å². The van der Waals surface area contributed by atoms with Crippen LogP contribution in [-0.2, 0) is 0 Å². The lowest BCUT2D eigenvalue weighted by Gasteiger charge is -2.06. The number of halogens is 4. The molecule has 0 saturated heterocycles. The highest BCUT2D eigenvalue weighted by molar-refractivity contribution is 14.1. The van der Waals surface area contributed by atoms with Gasteiger partial charge in [0.2, 0.25) is 5.95 Å². The Morgan fingerprint density at radius 3 is 2.69 bits per heavy atom. The first-order chi connectivity index (χ1) is 7.59. The predicted octanol–water partition coefficient (Wildman–Crippen LogP) is 4.80. The summed E-state index contributed by atoms with van der Waals surface area (Å²) in [7, 11) is 0. The molecule has 0 bridgehead atoms. The molecule has 2 aromatic rings. The molecule has 5 heteroatoms. The fourth-order valence-corrected chi connectivity index (χ4v) is 2.18. The van der Waals surface area contributed by atoms with Crippen molar-refractivity contribution in [3.8, 4) is 11.1 Å². The van der Waals surface area contributed by atoms with E-state index in [0.717, 1.165) is 11.1 Å². The van der Waals surface area contributed by atoms with Crippen LogP contribution in [0, 0.1) is 9.52 Å². The van der Waals surface area contributed by atoms with E-state index in [1.807, 2.05) is 28.7 Å². The molecule has 2 rings (SSSR count). The molecular formula is C11H5Cl2FIN. The van der Waals surface area contributed by atoms with Crippen molar-refractivity contribution in [3.05, 3.63) is 50.0 Å². The summed E-state index contributed by atoms with van der Waals surface area (Å²) in [5, 5.41) is 0.923. The maximum atomic E-state index is 13.0. The van der Waals surface area contributed by atoms with E-state index in [0.29, 0.717) is 13.6 Å². The average molecular weight is 368 g/mol. The van der Waals surface area contributed by atoms with Crippen molar-refractivity contribution >= 4 is 45.8 Å². The van der Waals surface area contributed by atoms with E-state index >= 15 is 0 Å². The van der Waals surface area contributed by atoms with E-state index in [2.05, 4.69) is 4.98 Å². The molecule has 0 saturated carbocycles. The number of hydrogen-bond donors (Lipinski definition) is 0. The minimum Gasteiger partial charge on any atom is -0.227 e. The number of nitrogens with zero attached hydrogens (tertiary/aromatic N) is 1. The Kier molecular flexibility index (Phi) is 3.66. The van der Waals surface area contributed by atoms with Crippen molar-refractivity contribution in [2.24, 2.45) is 0 Å². The number of pyridine rings is 1. The minimum absolute atomic E-state index is 0.450. The highest BCUT2D eigenvalue weighted by Crippen LogP contribution is 2.33. The zero-order chi connectivity index (χ0) is 11.7. The maximum absolute atomic E-state index is 13.0. The molecule has 1 heterocycles. The summed E-state index contributed by atoms with van der Waals surface area (Å²) in [6.45, 7) is 0. The lowest BCUT2D eigenvalue weighted by Crippen LogP contribution is -1.89. The minimum atomic E-state index is -0.484. The van der Waals surface area contributed by atoms with Gasteiger partial charge in [-0.1, -0.05) is 35.3 Å². The highest BCUT2D eigenvalue weighted by Gasteiger charge is 2.09. The predicted molar refractivity (Wildman–Crippen MR) is 72.4 cm³/mol. The van der Waals surface area contributed by atoms with E-state index in [1.165, 1.54) is 6.20 Å². The zero-order valence-electron chi connectivity index (χ0n) is 7.85. The third kappa shape index (κ3) is 2.31. The Bertz CT molecular complexity index is 546. The van der Waals surface area contributed by atoms with Crippen molar-refractivity contribution in [2.45, 2.75) is 0 Å². The lowest BCUT2D eigenvalue weighted by atomic mass is 10.1. The van der Waals surface area contributed by atoms with Crippen molar-refractivity contribution in [2.75, 3.05) is 0 Å². The van der Waals surface area contributed by atoms with Gasteiger partial charge >= 0.3 is 0 Å². The Balaban J connectivity index is 2.59. The summed E-state index contributed by atoms with van der Waals surface area (Å²) in [4.78, 5) is 3.65. The van der Waals surface area contributed by atoms with Gasteiger partial charge in [-0.15, -0.1) is 0 Å². The summed E-state index contributed by atoms with van der Waals surface area (Å²) in [5.74, 6) is -0.484. The topological polar surface area (TPSA) is 12.9 Å². The summed E-state index contributed by atoms with van der Waals surface area (Å²) < 4.78 is 13.5. The van der Waals surface area contributed by atoms with E-state index in [-0.39, 0.29) is 0 Å². The molecule has 1 aromatic heterocycles. The molecule has 1 nitrogen and oxygen atoms in total. The molecule has 0 aliphatic carbocycles. The molecule has 0 radical (unpaired) electrons. The van der Waals surface area contributed by atoms with Gasteiger partial charge in [0.25, 0.3) is 0 Å². The van der Waals surface area contributed by atoms with Crippen molar-refractivity contribution < 1.29 is 4.39 Å². The normalized spacial score (nSPS) is 10.5. The first kappa shape index (κ1) is 12.1. The summed E-state index contributed by atoms with van der Waals surface area (Å²) in [6, 6.07) is 6.99. The van der Waals surface area contributed by atoms with Gasteiger partial charge < -0.3 is 0 Å². The summed E-state index contributed by atoms with van der Waals surface area (Å²) in [5.41, 5.74) is 1.50. The van der Waals surface area contributed by atoms with Gasteiger partial charge in [-0.05, 0) is 34.7 Å². The van der Waals surface area contributed by atoms with Crippen molar-refractivity contribution in [1.82, 2.24) is 4.98 Å². The summed E-state index contributed by atoms with van der Waals surface area (Å²) >= 11 is 13.9. The lowest BCUT2D eigenvalue weighted by molar-refractivity contribution is 0.576. The molecule has 0 aliphatic heterocycles. The van der Waals surface area contributed by atoms with Crippen molar-refractivity contribution in [1.29, 1.82) is 0 Å². The van der Waals surface area contributed by atoms with Crippen LogP contribution in [0.5, 0.6) is 0 Å². The first-order valence-electron chi connectivity index (χ1n) is 4.35. The molecule has 0 spiro atoms. The van der Waals surface area contributed by atoms with Gasteiger partial charge in [0.05, 0.1) is 13.6 Å². The SMILES string of the molecule is Fc1ncc(-c2cccc(Cl)c2Cl)cc1I. The number of aromatic nitrogens is 1. The molecule has 0 fully saturated rings. The molecular weight excluding hydrogens is 363 g/mol. The summed E-state index contributed by atoms with van der Waals surface area (Å²) in [6.07, 6.45) is 1.44. The fraction of sp³-hybridized carbons (Fsp3) is 0. The van der Waals surface area contributed by atoms with Crippen LogP contribution < -0.4 is 0 Å². The Morgan fingerprint density at radius 2 is 2.00 bits per heavy atom. The molecule has 16 heavy (non-hydrogen) atoms. The first-order valence-corrected chi connectivity index (χ1v) is 6.18. The van der Waals surface area contributed by atoms with Crippen LogP contribution >= 0.6 is 45.8 Å². The molecule has 82 valence electrons. The highest BCUT2D eigenvalue weighted by atomic mass is 127. The van der Waals surface area contributed by atoms with Crippen LogP contribution in [-0.4, -0.2) is 4.98 Å². The van der Waals surface area contributed by atoms with Gasteiger partial charge in [-0.3, -0.25) is 0 Å². The average Bonchev–Trinajstić information content (AvgIpc) is 2.26. The van der Waals surface area contributed by atoms with Gasteiger partial charge in [-0.25, -0.2) is 4.98 Å². The zero-order valence-corrected chi connectivity index (χ0v) is 11.5. The van der Waals surface area contributed by atoms with Crippen LogP contribution in [0.2, 0.25) is 10.0 Å². The van der Waals surface area contributed by atoms with E-state index in [1.54, 1.807) is 18.2 Å². The second-order valence-corrected chi connectivity index (χ2v) is 5.05. The van der Waals surface area contributed by atoms with Crippen LogP contribution in [0.25, 0.3) is 11.1 Å². The second kappa shape index (κ2) is 4.85. The van der Waals surface area contributed by atoms with E-state index in [4.69, 9.17) is 23.2 Å². The smallest absolute Gasteiger partial charge is 0.226 e. The molecule has 0 amide bonds. The fourth-order valence-electron chi connectivity index (χ4n) is 1.30. The Hall–Kier alpha value is -0.390. The molecule has 0 unspecified atom stereocenters. The maximum Gasteiger partial charge on any atom is 0.226 e. The third-order valence-corrected chi connectivity index (χ3v) is 3.63. The largest absolute Gasteiger partial charge is 0.227 e. The van der Waals surface area contributed by atoms with Gasteiger partial charge in [0.1, 0.15) is 0 Å². The Morgan fingerprint density at radius 1 is 1.25 bits per heavy atom. The standard InChI is InChI=1S/C11H5Cl2FIN/c12-8-3-1-2-7(10(8)13)6-4-9(15)11(14)16-5-6/h1-5H.